The van der Waals surface area contributed by atoms with Crippen LogP contribution in [0, 0.1) is 0 Å². The lowest BCUT2D eigenvalue weighted by Gasteiger charge is -2.20. The van der Waals surface area contributed by atoms with Crippen molar-refractivity contribution in [1.29, 1.82) is 0 Å². The first-order valence-electron chi connectivity index (χ1n) is 8.94. The number of halogens is 2. The highest BCUT2D eigenvalue weighted by Gasteiger charge is 2.23. The van der Waals surface area contributed by atoms with Gasteiger partial charge in [-0.25, -0.2) is 0 Å². The zero-order valence-corrected chi connectivity index (χ0v) is 19.2. The van der Waals surface area contributed by atoms with Gasteiger partial charge in [0.1, 0.15) is 6.10 Å². The molecule has 0 amide bonds. The van der Waals surface area contributed by atoms with E-state index in [1.807, 2.05) is 19.1 Å². The van der Waals surface area contributed by atoms with E-state index in [1.54, 1.807) is 6.07 Å². The average Bonchev–Trinajstić information content (AvgIpc) is 3.29. The molecule has 5 nitrogen and oxygen atoms in total. The molecule has 8 heteroatoms. The Balaban J connectivity index is 0.00000261. The highest BCUT2D eigenvalue weighted by Crippen LogP contribution is 2.27. The second-order valence-corrected chi connectivity index (χ2v) is 8.04. The fraction of sp³-hybridized carbons (Fsp3) is 0.421. The van der Waals surface area contributed by atoms with Crippen LogP contribution in [-0.4, -0.2) is 43.3 Å². The molecule has 1 aliphatic rings. The molecule has 1 fully saturated rings. The summed E-state index contributed by atoms with van der Waals surface area (Å²) >= 11 is 7.33. The van der Waals surface area contributed by atoms with Gasteiger partial charge in [-0.05, 0) is 37.6 Å². The van der Waals surface area contributed by atoms with Crippen LogP contribution in [-0.2, 0) is 0 Å². The third-order valence-electron chi connectivity index (χ3n) is 4.34. The van der Waals surface area contributed by atoms with Gasteiger partial charge in [0.15, 0.2) is 5.96 Å². The molecule has 0 radical (unpaired) electrons. The van der Waals surface area contributed by atoms with Crippen LogP contribution in [0.4, 0.5) is 5.69 Å². The Hall–Kier alpha value is -1.03. The Labute approximate surface area is 186 Å². The molecule has 27 heavy (non-hydrogen) atoms. The summed E-state index contributed by atoms with van der Waals surface area (Å²) in [6.07, 6.45) is 0.426. The van der Waals surface area contributed by atoms with Gasteiger partial charge in [-0.3, -0.25) is 4.99 Å². The minimum atomic E-state index is -0.632. The van der Waals surface area contributed by atoms with Gasteiger partial charge in [0.05, 0.1) is 10.9 Å². The van der Waals surface area contributed by atoms with Gasteiger partial charge in [-0.1, -0.05) is 29.8 Å². The first-order valence-corrected chi connectivity index (χ1v) is 10.1. The molecule has 2 unspecified atom stereocenters. The van der Waals surface area contributed by atoms with Gasteiger partial charge in [-0.2, -0.15) is 0 Å². The number of hydrogen-bond acceptors (Lipinski definition) is 4. The molecule has 0 spiro atoms. The van der Waals surface area contributed by atoms with Crippen molar-refractivity contribution in [3.8, 4) is 0 Å². The number of aliphatic hydroxyl groups is 1. The van der Waals surface area contributed by atoms with E-state index < -0.39 is 6.10 Å². The highest BCUT2D eigenvalue weighted by atomic mass is 127. The summed E-state index contributed by atoms with van der Waals surface area (Å²) in [4.78, 5) is 7.77. The predicted octanol–water partition coefficient (Wildman–Crippen LogP) is 3.89. The van der Waals surface area contributed by atoms with Gasteiger partial charge >= 0.3 is 0 Å². The summed E-state index contributed by atoms with van der Waals surface area (Å²) in [7, 11) is 0. The van der Waals surface area contributed by atoms with Crippen LogP contribution in [0.1, 0.15) is 24.3 Å². The number of para-hydroxylation sites is 1. The molecular weight excluding hydrogens is 495 g/mol. The average molecular weight is 521 g/mol. The molecular formula is C19H26ClIN4OS. The van der Waals surface area contributed by atoms with E-state index in [2.05, 4.69) is 44.8 Å². The monoisotopic (exact) mass is 520 g/mol. The van der Waals surface area contributed by atoms with Crippen molar-refractivity contribution in [2.45, 2.75) is 25.5 Å². The molecule has 1 aromatic heterocycles. The Morgan fingerprint density at radius 1 is 1.33 bits per heavy atom. The highest BCUT2D eigenvalue weighted by molar-refractivity contribution is 14.0. The van der Waals surface area contributed by atoms with Crippen LogP contribution in [0.3, 0.4) is 0 Å². The van der Waals surface area contributed by atoms with Crippen LogP contribution in [0.2, 0.25) is 4.34 Å². The summed E-state index contributed by atoms with van der Waals surface area (Å²) in [5.41, 5.74) is 1.25. The smallest absolute Gasteiger partial charge is 0.191 e. The molecule has 3 N–H and O–H groups in total. The third kappa shape index (κ3) is 6.51. The Kier molecular flexibility index (Phi) is 9.14. The summed E-state index contributed by atoms with van der Waals surface area (Å²) in [6, 6.07) is 14.4. The molecule has 2 atom stereocenters. The van der Waals surface area contributed by atoms with Gasteiger partial charge in [0, 0.05) is 36.2 Å². The molecule has 0 bridgehead atoms. The van der Waals surface area contributed by atoms with Crippen LogP contribution >= 0.6 is 46.9 Å². The summed E-state index contributed by atoms with van der Waals surface area (Å²) < 4.78 is 0.681. The number of anilines is 1. The molecule has 0 aliphatic carbocycles. The lowest BCUT2D eigenvalue weighted by atomic mass is 10.2. The maximum absolute atomic E-state index is 10.3. The fourth-order valence-electron chi connectivity index (χ4n) is 3.04. The number of guanidine groups is 1. The van der Waals surface area contributed by atoms with E-state index >= 15 is 0 Å². The van der Waals surface area contributed by atoms with Crippen LogP contribution in [0.25, 0.3) is 0 Å². The molecule has 148 valence electrons. The zero-order chi connectivity index (χ0) is 18.4. The van der Waals surface area contributed by atoms with E-state index in [0.29, 0.717) is 16.9 Å². The fourth-order valence-corrected chi connectivity index (χ4v) is 4.08. The van der Waals surface area contributed by atoms with E-state index in [9.17, 15) is 5.11 Å². The van der Waals surface area contributed by atoms with E-state index in [1.165, 1.54) is 17.0 Å². The third-order valence-corrected chi connectivity index (χ3v) is 5.67. The van der Waals surface area contributed by atoms with Crippen LogP contribution < -0.4 is 15.5 Å². The van der Waals surface area contributed by atoms with Gasteiger partial charge < -0.3 is 20.6 Å². The van der Waals surface area contributed by atoms with Crippen molar-refractivity contribution < 1.29 is 5.11 Å². The van der Waals surface area contributed by atoms with Crippen molar-refractivity contribution >= 4 is 58.6 Å². The molecule has 2 heterocycles. The number of nitrogens with zero attached hydrogens (tertiary/aromatic N) is 2. The predicted molar refractivity (Wildman–Crippen MR) is 126 cm³/mol. The molecule has 1 aromatic carbocycles. The Morgan fingerprint density at radius 2 is 2.11 bits per heavy atom. The number of aliphatic imine (C=N–C) groups is 1. The molecule has 0 saturated carbocycles. The lowest BCUT2D eigenvalue weighted by molar-refractivity contribution is 0.191. The molecule has 1 saturated heterocycles. The normalized spacial score (nSPS) is 18.1. The molecule has 1 aliphatic heterocycles. The largest absolute Gasteiger partial charge is 0.386 e. The zero-order valence-electron chi connectivity index (χ0n) is 15.3. The summed E-state index contributed by atoms with van der Waals surface area (Å²) in [6.45, 7) is 5.09. The number of hydrogen-bond donors (Lipinski definition) is 3. The first kappa shape index (κ1) is 22.3. The minimum absolute atomic E-state index is 0. The Bertz CT molecular complexity index is 728. The van der Waals surface area contributed by atoms with Gasteiger partial charge in [0.25, 0.3) is 0 Å². The SMILES string of the molecule is CCNC(=NCC(O)c1ccc(Cl)s1)NC1CCN(c2ccccc2)C1.I. The van der Waals surface area contributed by atoms with E-state index in [4.69, 9.17) is 11.6 Å². The van der Waals surface area contributed by atoms with Crippen LogP contribution in [0.5, 0.6) is 0 Å². The number of aliphatic hydroxyl groups excluding tert-OH is 1. The molecule has 2 aromatic rings. The van der Waals surface area contributed by atoms with Crippen molar-refractivity contribution in [3.63, 3.8) is 0 Å². The number of thiophene rings is 1. The standard InChI is InChI=1S/C19H25ClN4OS.HI/c1-2-21-19(22-12-16(25)17-8-9-18(20)26-17)23-14-10-11-24(13-14)15-6-4-3-5-7-15;/h3-9,14,16,25H,2,10-13H2,1H3,(H2,21,22,23);1H. The van der Waals surface area contributed by atoms with Crippen molar-refractivity contribution in [2.24, 2.45) is 4.99 Å². The Morgan fingerprint density at radius 3 is 2.78 bits per heavy atom. The maximum atomic E-state index is 10.3. The van der Waals surface area contributed by atoms with E-state index in [0.717, 1.165) is 36.9 Å². The van der Waals surface area contributed by atoms with Crippen LogP contribution in [0.15, 0.2) is 47.5 Å². The van der Waals surface area contributed by atoms with Crippen molar-refractivity contribution in [3.05, 3.63) is 51.7 Å². The van der Waals surface area contributed by atoms with Gasteiger partial charge in [0.2, 0.25) is 0 Å². The summed E-state index contributed by atoms with van der Waals surface area (Å²) in [5.74, 6) is 0.745. The van der Waals surface area contributed by atoms with Crippen molar-refractivity contribution in [1.82, 2.24) is 10.6 Å². The maximum Gasteiger partial charge on any atom is 0.191 e. The van der Waals surface area contributed by atoms with Gasteiger partial charge in [-0.15, -0.1) is 35.3 Å². The number of nitrogens with one attached hydrogen (secondary N) is 2. The van der Waals surface area contributed by atoms with E-state index in [-0.39, 0.29) is 24.0 Å². The lowest BCUT2D eigenvalue weighted by Crippen LogP contribution is -2.44. The number of benzene rings is 1. The second kappa shape index (κ2) is 11.1. The first-order chi connectivity index (χ1) is 12.7. The quantitative estimate of drug-likeness (QED) is 0.307. The minimum Gasteiger partial charge on any atom is -0.386 e. The number of rotatable bonds is 6. The second-order valence-electron chi connectivity index (χ2n) is 6.29. The molecule has 3 rings (SSSR count). The van der Waals surface area contributed by atoms with Crippen molar-refractivity contribution in [2.75, 3.05) is 31.1 Å². The topological polar surface area (TPSA) is 59.9 Å². The summed E-state index contributed by atoms with van der Waals surface area (Å²) in [5, 5.41) is 17.0.